The van der Waals surface area contributed by atoms with Gasteiger partial charge in [0.2, 0.25) is 0 Å². The summed E-state index contributed by atoms with van der Waals surface area (Å²) in [6.07, 6.45) is 0. The number of rotatable bonds is 4. The first-order valence-electron chi connectivity index (χ1n) is 10.3. The maximum atomic E-state index is 12.7. The van der Waals surface area contributed by atoms with Crippen molar-refractivity contribution in [3.63, 3.8) is 0 Å². The number of thioether (sulfide) groups is 1. The third kappa shape index (κ3) is 3.78. The van der Waals surface area contributed by atoms with Crippen molar-refractivity contribution in [3.8, 4) is 0 Å². The van der Waals surface area contributed by atoms with Crippen LogP contribution in [0, 0.1) is 0 Å². The number of carbonyl (C=O) groups is 4. The number of fused-ring (bicyclic) bond motifs is 2. The van der Waals surface area contributed by atoms with Crippen LogP contribution in [-0.2, 0) is 9.53 Å². The highest BCUT2D eigenvalue weighted by Crippen LogP contribution is 2.34. The van der Waals surface area contributed by atoms with E-state index < -0.39 is 17.8 Å². The van der Waals surface area contributed by atoms with Crippen molar-refractivity contribution in [2.45, 2.75) is 4.90 Å². The van der Waals surface area contributed by atoms with Crippen LogP contribution >= 0.6 is 11.8 Å². The van der Waals surface area contributed by atoms with Crippen molar-refractivity contribution >= 4 is 46.8 Å². The minimum atomic E-state index is -0.656. The molecule has 0 unspecified atom stereocenters. The molecule has 3 aromatic rings. The van der Waals surface area contributed by atoms with Crippen molar-refractivity contribution in [3.05, 3.63) is 89.5 Å². The molecule has 2 aliphatic rings. The molecule has 33 heavy (non-hydrogen) atoms. The number of imide groups is 1. The molecule has 0 fully saturated rings. The molecule has 0 aliphatic carbocycles. The minimum Gasteiger partial charge on any atom is -0.452 e. The number of amides is 3. The molecule has 164 valence electrons. The average Bonchev–Trinajstić information content (AvgIpc) is 3.12. The van der Waals surface area contributed by atoms with Crippen LogP contribution in [0.1, 0.15) is 31.1 Å². The van der Waals surface area contributed by atoms with Crippen LogP contribution in [0.5, 0.6) is 0 Å². The monoisotopic (exact) mass is 458 g/mol. The van der Waals surface area contributed by atoms with Gasteiger partial charge in [-0.25, -0.2) is 9.69 Å². The molecule has 0 radical (unpaired) electrons. The molecule has 3 aromatic carbocycles. The normalized spacial score (nSPS) is 14.7. The van der Waals surface area contributed by atoms with Crippen molar-refractivity contribution < 1.29 is 23.9 Å². The van der Waals surface area contributed by atoms with E-state index in [-0.39, 0.29) is 18.1 Å². The van der Waals surface area contributed by atoms with Gasteiger partial charge in [-0.3, -0.25) is 14.4 Å². The summed E-state index contributed by atoms with van der Waals surface area (Å²) in [5, 5.41) is 0. The molecule has 0 atom stereocenters. The summed E-state index contributed by atoms with van der Waals surface area (Å²) in [5.41, 5.74) is 2.10. The number of hydrogen-bond donors (Lipinski definition) is 0. The second kappa shape index (κ2) is 8.55. The number of anilines is 2. The largest absolute Gasteiger partial charge is 0.452 e. The molecular weight excluding hydrogens is 440 g/mol. The molecule has 0 spiro atoms. The van der Waals surface area contributed by atoms with Gasteiger partial charge < -0.3 is 9.64 Å². The number of esters is 1. The van der Waals surface area contributed by atoms with E-state index in [0.29, 0.717) is 23.4 Å². The highest BCUT2D eigenvalue weighted by Gasteiger charge is 2.36. The van der Waals surface area contributed by atoms with Gasteiger partial charge in [-0.05, 0) is 48.5 Å². The Bertz CT molecular complexity index is 1250. The van der Waals surface area contributed by atoms with E-state index in [1.165, 1.54) is 24.3 Å². The Morgan fingerprint density at radius 3 is 2.18 bits per heavy atom. The van der Waals surface area contributed by atoms with Gasteiger partial charge in [0.1, 0.15) is 0 Å². The van der Waals surface area contributed by atoms with Crippen LogP contribution < -0.4 is 9.80 Å². The van der Waals surface area contributed by atoms with E-state index >= 15 is 0 Å². The van der Waals surface area contributed by atoms with Crippen LogP contribution in [0.4, 0.5) is 11.4 Å². The third-order valence-corrected chi connectivity index (χ3v) is 6.55. The zero-order chi connectivity index (χ0) is 22.9. The molecule has 7 nitrogen and oxygen atoms in total. The standard InChI is InChI=1S/C25H18N2O5S/c28-22(26-13-14-33-21-8-4-3-7-20(21)26)15-32-25(31)16-9-11-17(12-10-16)27-23(29)18-5-1-2-6-19(18)24(27)30/h1-12H,13-15H2. The van der Waals surface area contributed by atoms with Gasteiger partial charge in [0.25, 0.3) is 17.7 Å². The van der Waals surface area contributed by atoms with Crippen LogP contribution in [0.25, 0.3) is 0 Å². The lowest BCUT2D eigenvalue weighted by Gasteiger charge is -2.28. The van der Waals surface area contributed by atoms with Gasteiger partial charge in [-0.2, -0.15) is 0 Å². The Morgan fingerprint density at radius 2 is 1.48 bits per heavy atom. The Balaban J connectivity index is 1.24. The van der Waals surface area contributed by atoms with E-state index in [1.807, 2.05) is 24.3 Å². The molecular formula is C25H18N2O5S. The summed E-state index contributed by atoms with van der Waals surface area (Å²) in [6, 6.07) is 20.2. The lowest BCUT2D eigenvalue weighted by molar-refractivity contribution is -0.121. The highest BCUT2D eigenvalue weighted by molar-refractivity contribution is 7.99. The van der Waals surface area contributed by atoms with Crippen LogP contribution in [0.2, 0.25) is 0 Å². The maximum Gasteiger partial charge on any atom is 0.338 e. The zero-order valence-corrected chi connectivity index (χ0v) is 18.2. The average molecular weight is 458 g/mol. The van der Waals surface area contributed by atoms with Crippen molar-refractivity contribution in [2.75, 3.05) is 28.7 Å². The summed E-state index contributed by atoms with van der Waals surface area (Å²) < 4.78 is 5.23. The predicted molar refractivity (Wildman–Crippen MR) is 124 cm³/mol. The van der Waals surface area contributed by atoms with Gasteiger partial charge >= 0.3 is 5.97 Å². The van der Waals surface area contributed by atoms with Gasteiger partial charge in [-0.15, -0.1) is 11.8 Å². The molecule has 2 aliphatic heterocycles. The van der Waals surface area contributed by atoms with Crippen LogP contribution in [0.3, 0.4) is 0 Å². The van der Waals surface area contributed by atoms with Crippen LogP contribution in [-0.4, -0.2) is 42.6 Å². The summed E-state index contributed by atoms with van der Waals surface area (Å²) in [7, 11) is 0. The summed E-state index contributed by atoms with van der Waals surface area (Å²) in [6.45, 7) is 0.172. The van der Waals surface area contributed by atoms with E-state index in [1.54, 1.807) is 40.9 Å². The zero-order valence-electron chi connectivity index (χ0n) is 17.4. The lowest BCUT2D eigenvalue weighted by atomic mass is 10.1. The first-order chi connectivity index (χ1) is 16.0. The number of para-hydroxylation sites is 1. The van der Waals surface area contributed by atoms with Gasteiger partial charge in [0, 0.05) is 17.2 Å². The smallest absolute Gasteiger partial charge is 0.338 e. The highest BCUT2D eigenvalue weighted by atomic mass is 32.2. The van der Waals surface area contributed by atoms with E-state index in [4.69, 9.17) is 4.74 Å². The maximum absolute atomic E-state index is 12.7. The predicted octanol–water partition coefficient (Wildman–Crippen LogP) is 3.78. The van der Waals surface area contributed by atoms with Crippen molar-refractivity contribution in [1.82, 2.24) is 0 Å². The number of ether oxygens (including phenoxy) is 1. The second-order valence-electron chi connectivity index (χ2n) is 7.48. The molecule has 0 aromatic heterocycles. The fourth-order valence-electron chi connectivity index (χ4n) is 3.89. The summed E-state index contributed by atoms with van der Waals surface area (Å²) in [5.74, 6) is -0.987. The van der Waals surface area contributed by atoms with E-state index in [9.17, 15) is 19.2 Å². The Morgan fingerprint density at radius 1 is 0.848 bits per heavy atom. The number of hydrogen-bond acceptors (Lipinski definition) is 6. The summed E-state index contributed by atoms with van der Waals surface area (Å²) >= 11 is 1.69. The lowest BCUT2D eigenvalue weighted by Crippen LogP contribution is -2.38. The minimum absolute atomic E-state index is 0.220. The molecule has 3 amide bonds. The molecule has 0 bridgehead atoms. The molecule has 8 heteroatoms. The van der Waals surface area contributed by atoms with E-state index in [0.717, 1.165) is 21.2 Å². The number of benzene rings is 3. The Kier molecular flexibility index (Phi) is 5.43. The fraction of sp³-hybridized carbons (Fsp3) is 0.120. The molecule has 0 saturated carbocycles. The molecule has 5 rings (SSSR count). The van der Waals surface area contributed by atoms with Gasteiger partial charge in [0.15, 0.2) is 6.61 Å². The third-order valence-electron chi connectivity index (χ3n) is 5.51. The molecule has 0 N–H and O–H groups in total. The van der Waals surface area contributed by atoms with Gasteiger partial charge in [0.05, 0.1) is 28.1 Å². The Hall–Kier alpha value is -3.91. The van der Waals surface area contributed by atoms with Crippen LogP contribution in [0.15, 0.2) is 77.7 Å². The van der Waals surface area contributed by atoms with Crippen molar-refractivity contribution in [2.24, 2.45) is 0 Å². The van der Waals surface area contributed by atoms with Crippen molar-refractivity contribution in [1.29, 1.82) is 0 Å². The second-order valence-corrected chi connectivity index (χ2v) is 8.61. The molecule has 0 saturated heterocycles. The van der Waals surface area contributed by atoms with E-state index in [2.05, 4.69) is 0 Å². The van der Waals surface area contributed by atoms with Gasteiger partial charge in [-0.1, -0.05) is 24.3 Å². The summed E-state index contributed by atoms with van der Waals surface area (Å²) in [4.78, 5) is 54.1. The first-order valence-corrected chi connectivity index (χ1v) is 11.3. The molecule has 2 heterocycles. The topological polar surface area (TPSA) is 84.0 Å². The quantitative estimate of drug-likeness (QED) is 0.437. The first kappa shape index (κ1) is 21.0. The fourth-order valence-corrected chi connectivity index (χ4v) is 4.88. The number of carbonyl (C=O) groups excluding carboxylic acids is 4. The Labute approximate surface area is 193 Å². The SMILES string of the molecule is O=C(OCC(=O)N1CCSc2ccccc21)c1ccc(N2C(=O)c3ccccc3C2=O)cc1. The number of nitrogens with zero attached hydrogens (tertiary/aromatic N) is 2.